The predicted octanol–water partition coefficient (Wildman–Crippen LogP) is -1.15. The van der Waals surface area contributed by atoms with Crippen LogP contribution in [-0.2, 0) is 11.2 Å². The van der Waals surface area contributed by atoms with E-state index in [1.54, 1.807) is 25.3 Å². The maximum Gasteiger partial charge on any atom is 1.00 e. The predicted molar refractivity (Wildman–Crippen MR) is 91.1 cm³/mol. The third-order valence-electron chi connectivity index (χ3n) is 3.39. The molecule has 0 aliphatic heterocycles. The van der Waals surface area contributed by atoms with Gasteiger partial charge in [0.2, 0.25) is 0 Å². The Morgan fingerprint density at radius 1 is 1.20 bits per heavy atom. The van der Waals surface area contributed by atoms with Crippen LogP contribution in [0.25, 0.3) is 6.08 Å². The number of ether oxygens (including phenoxy) is 1. The quantitative estimate of drug-likeness (QED) is 0.498. The second-order valence-corrected chi connectivity index (χ2v) is 5.14. The molecule has 0 heterocycles. The Bertz CT molecular complexity index is 724. The number of nitrogens with zero attached hydrogens (tertiary/aromatic N) is 1. The number of rotatable bonds is 7. The molecule has 0 saturated heterocycles. The van der Waals surface area contributed by atoms with Gasteiger partial charge in [0.15, 0.2) is 0 Å². The molecular weight excluding hydrogens is 345 g/mol. The molecule has 0 amide bonds. The van der Waals surface area contributed by atoms with Crippen molar-refractivity contribution in [3.8, 4) is 11.5 Å². The average molecular weight is 363 g/mol. The number of phenols is 1. The number of hydrogen-bond acceptors (Lipinski definition) is 5. The second-order valence-electron chi connectivity index (χ2n) is 5.14. The number of carbonyl (C=O) groups is 1. The molecule has 0 spiro atoms. The van der Waals surface area contributed by atoms with Gasteiger partial charge in [0, 0.05) is 12.6 Å². The molecule has 124 valence electrons. The Kier molecular flexibility index (Phi) is 9.70. The summed E-state index contributed by atoms with van der Waals surface area (Å²) in [6.45, 7) is 0. The van der Waals surface area contributed by atoms with Crippen molar-refractivity contribution < 1.29 is 71.1 Å². The summed E-state index contributed by atoms with van der Waals surface area (Å²) in [6, 6.07) is 12.8. The van der Waals surface area contributed by atoms with E-state index in [4.69, 9.17) is 4.74 Å². The van der Waals surface area contributed by atoms with E-state index in [2.05, 4.69) is 4.99 Å². The van der Waals surface area contributed by atoms with Crippen LogP contribution in [0.1, 0.15) is 11.1 Å². The van der Waals surface area contributed by atoms with Gasteiger partial charge in [0.1, 0.15) is 11.5 Å². The average Bonchev–Trinajstić information content (AvgIpc) is 2.59. The first-order chi connectivity index (χ1) is 11.6. The molecule has 0 aromatic heterocycles. The summed E-state index contributed by atoms with van der Waals surface area (Å²) in [6.07, 6.45) is 5.14. The van der Waals surface area contributed by atoms with Gasteiger partial charge in [-0.2, -0.15) is 0 Å². The topological polar surface area (TPSA) is 82.0 Å². The minimum Gasteiger partial charge on any atom is -0.548 e. The van der Waals surface area contributed by atoms with Crippen LogP contribution in [0, 0.1) is 0 Å². The van der Waals surface area contributed by atoms with Gasteiger partial charge in [0.05, 0.1) is 19.1 Å². The number of benzene rings is 2. The normalized spacial score (nSPS) is 12.0. The molecule has 0 fully saturated rings. The number of methoxy groups -OCH3 is 1. The fourth-order valence-electron chi connectivity index (χ4n) is 2.07. The molecule has 0 unspecified atom stereocenters. The Morgan fingerprint density at radius 2 is 1.84 bits per heavy atom. The van der Waals surface area contributed by atoms with E-state index < -0.39 is 12.0 Å². The fraction of sp³-hybridized carbons (Fsp3) is 0.158. The maximum atomic E-state index is 11.2. The smallest absolute Gasteiger partial charge is 0.548 e. The molecule has 6 heteroatoms. The molecule has 1 N–H and O–H groups in total. The number of aliphatic carboxylic acids is 1. The van der Waals surface area contributed by atoms with Crippen molar-refractivity contribution in [3.63, 3.8) is 0 Å². The van der Waals surface area contributed by atoms with Crippen molar-refractivity contribution in [3.05, 3.63) is 65.7 Å². The molecule has 2 rings (SSSR count). The van der Waals surface area contributed by atoms with Gasteiger partial charge >= 0.3 is 51.4 Å². The molecule has 2 aromatic rings. The number of allylic oxidation sites excluding steroid dienone is 1. The van der Waals surface area contributed by atoms with Crippen LogP contribution in [0.5, 0.6) is 11.5 Å². The molecule has 2 aromatic carbocycles. The first kappa shape index (κ1) is 21.6. The molecule has 1 atom stereocenters. The zero-order valence-corrected chi connectivity index (χ0v) is 17.4. The van der Waals surface area contributed by atoms with Crippen LogP contribution in [0.2, 0.25) is 0 Å². The summed E-state index contributed by atoms with van der Waals surface area (Å²) in [5, 5.41) is 20.4. The number of hydrogen-bond donors (Lipinski definition) is 1. The Labute approximate surface area is 189 Å². The van der Waals surface area contributed by atoms with Crippen LogP contribution in [-0.4, -0.2) is 30.4 Å². The zero-order chi connectivity index (χ0) is 17.4. The van der Waals surface area contributed by atoms with E-state index in [9.17, 15) is 15.0 Å². The summed E-state index contributed by atoms with van der Waals surface area (Å²) in [5.74, 6) is -0.335. The van der Waals surface area contributed by atoms with Crippen molar-refractivity contribution in [2.45, 2.75) is 12.5 Å². The molecule has 0 aliphatic carbocycles. The third-order valence-corrected chi connectivity index (χ3v) is 3.39. The summed E-state index contributed by atoms with van der Waals surface area (Å²) in [5.41, 5.74) is 1.71. The maximum absolute atomic E-state index is 11.2. The van der Waals surface area contributed by atoms with Crippen molar-refractivity contribution >= 4 is 18.3 Å². The molecule has 5 nitrogen and oxygen atoms in total. The number of carbonyl (C=O) groups excluding carboxylic acids is 1. The van der Waals surface area contributed by atoms with Gasteiger partial charge in [-0.05, 0) is 41.5 Å². The fourth-order valence-corrected chi connectivity index (χ4v) is 2.07. The Balaban J connectivity index is 0.00000312. The zero-order valence-electron chi connectivity index (χ0n) is 14.3. The van der Waals surface area contributed by atoms with Crippen molar-refractivity contribution in [2.24, 2.45) is 4.99 Å². The number of phenolic OH excluding ortho intramolecular Hbond substituents is 1. The van der Waals surface area contributed by atoms with Gasteiger partial charge in [-0.1, -0.05) is 30.3 Å². The minimum atomic E-state index is -1.24. The van der Waals surface area contributed by atoms with Crippen LogP contribution in [0.4, 0.5) is 0 Å². The van der Waals surface area contributed by atoms with E-state index in [1.807, 2.05) is 30.3 Å². The van der Waals surface area contributed by atoms with E-state index in [0.717, 1.165) is 16.9 Å². The summed E-state index contributed by atoms with van der Waals surface area (Å²) in [4.78, 5) is 15.2. The second kappa shape index (κ2) is 11.2. The number of aromatic hydroxyl groups is 1. The molecule has 0 saturated carbocycles. The van der Waals surface area contributed by atoms with Crippen LogP contribution < -0.4 is 61.2 Å². The number of aliphatic imine (C=N–C) groups is 1. The summed E-state index contributed by atoms with van der Waals surface area (Å²) >= 11 is 0. The third kappa shape index (κ3) is 7.54. The van der Waals surface area contributed by atoms with E-state index in [-0.39, 0.29) is 63.6 Å². The van der Waals surface area contributed by atoms with Crippen molar-refractivity contribution in [1.82, 2.24) is 0 Å². The van der Waals surface area contributed by atoms with E-state index >= 15 is 0 Å². The van der Waals surface area contributed by atoms with Crippen LogP contribution in [0.3, 0.4) is 0 Å². The van der Waals surface area contributed by atoms with E-state index in [1.165, 1.54) is 18.3 Å². The number of carboxylic acids is 1. The van der Waals surface area contributed by atoms with E-state index in [0.29, 0.717) is 0 Å². The van der Waals surface area contributed by atoms with Gasteiger partial charge in [-0.25, -0.2) is 0 Å². The SMILES string of the molecule is COc1ccc(/C=C/C=N[C@@H](Cc2ccc(O)cc2)C(=O)[O-])cc1.[K+]. The van der Waals surface area contributed by atoms with Gasteiger partial charge in [-0.3, -0.25) is 4.99 Å². The molecule has 0 bridgehead atoms. The Hall–Kier alpha value is -1.44. The van der Waals surface area contributed by atoms with Crippen LogP contribution in [0.15, 0.2) is 59.6 Å². The molecular formula is C19H18KNO4. The van der Waals surface area contributed by atoms with Crippen molar-refractivity contribution in [2.75, 3.05) is 7.11 Å². The summed E-state index contributed by atoms with van der Waals surface area (Å²) in [7, 11) is 1.60. The Morgan fingerprint density at radius 3 is 2.40 bits per heavy atom. The standard InChI is InChI=1S/C19H19NO4.K/c1-24-17-10-6-14(7-11-17)3-2-12-20-18(19(22)23)13-15-4-8-16(21)9-5-15;/h2-12,18,21H,13H2,1H3,(H,22,23);/q;+1/p-1/b3-2+,20-12?;/t18-;/m0./s1. The largest absolute Gasteiger partial charge is 1.00 e. The van der Waals surface area contributed by atoms with Gasteiger partial charge in [0.25, 0.3) is 0 Å². The van der Waals surface area contributed by atoms with Crippen molar-refractivity contribution in [1.29, 1.82) is 0 Å². The minimum absolute atomic E-state index is 0. The molecule has 0 radical (unpaired) electrons. The molecule has 0 aliphatic rings. The van der Waals surface area contributed by atoms with Gasteiger partial charge in [-0.15, -0.1) is 0 Å². The first-order valence-electron chi connectivity index (χ1n) is 7.41. The monoisotopic (exact) mass is 363 g/mol. The number of carboxylic acid groups (broad SMARTS) is 1. The van der Waals surface area contributed by atoms with Gasteiger partial charge < -0.3 is 19.7 Å². The molecule has 25 heavy (non-hydrogen) atoms. The first-order valence-corrected chi connectivity index (χ1v) is 7.41. The summed E-state index contributed by atoms with van der Waals surface area (Å²) < 4.78 is 5.08. The van der Waals surface area contributed by atoms with Crippen LogP contribution >= 0.6 is 0 Å².